The number of hydrogen-bond donors (Lipinski definition) is 2. The van der Waals surface area contributed by atoms with Crippen LogP contribution in [0.15, 0.2) is 18.3 Å². The van der Waals surface area contributed by atoms with Gasteiger partial charge in [-0.25, -0.2) is 4.98 Å². The predicted molar refractivity (Wildman–Crippen MR) is 77.8 cm³/mol. The van der Waals surface area contributed by atoms with Crippen molar-refractivity contribution >= 4 is 11.7 Å². The Morgan fingerprint density at radius 2 is 2.29 bits per heavy atom. The second kappa shape index (κ2) is 6.41. The number of hydrogen-bond acceptors (Lipinski definition) is 5. The molecule has 21 heavy (non-hydrogen) atoms. The number of carbonyl (C=O) groups is 1. The minimum Gasteiger partial charge on any atom is -0.384 e. The molecule has 1 saturated heterocycles. The standard InChI is InChI=1S/C15H21N3O3/c16-14-4-3-11(7-17-14)15(19)18-12-9-20-6-5-13(12)21-8-10-1-2-10/h3-4,7,10,12-13H,1-2,5-6,8-9H2,(H2,16,17)(H,18,19)/t12-,13+/m1/s1. The highest BCUT2D eigenvalue weighted by atomic mass is 16.5. The fourth-order valence-corrected chi connectivity index (χ4v) is 2.39. The molecule has 6 heteroatoms. The number of pyridine rings is 1. The Morgan fingerprint density at radius 3 is 3.00 bits per heavy atom. The van der Waals surface area contributed by atoms with Gasteiger partial charge < -0.3 is 20.5 Å². The van der Waals surface area contributed by atoms with Crippen LogP contribution >= 0.6 is 0 Å². The molecule has 0 spiro atoms. The lowest BCUT2D eigenvalue weighted by Gasteiger charge is -2.32. The number of anilines is 1. The summed E-state index contributed by atoms with van der Waals surface area (Å²) in [7, 11) is 0. The van der Waals surface area contributed by atoms with Gasteiger partial charge in [0.1, 0.15) is 5.82 Å². The third kappa shape index (κ3) is 3.92. The van der Waals surface area contributed by atoms with Crippen LogP contribution < -0.4 is 11.1 Å². The highest BCUT2D eigenvalue weighted by molar-refractivity contribution is 5.94. The molecule has 0 unspecified atom stereocenters. The van der Waals surface area contributed by atoms with Crippen molar-refractivity contribution in [2.75, 3.05) is 25.6 Å². The van der Waals surface area contributed by atoms with Gasteiger partial charge in [0, 0.05) is 19.4 Å². The van der Waals surface area contributed by atoms with Crippen molar-refractivity contribution in [1.29, 1.82) is 0 Å². The number of nitrogens with one attached hydrogen (secondary N) is 1. The molecule has 3 rings (SSSR count). The van der Waals surface area contributed by atoms with Crippen LogP contribution in [0.3, 0.4) is 0 Å². The first-order valence-electron chi connectivity index (χ1n) is 7.44. The smallest absolute Gasteiger partial charge is 0.253 e. The minimum atomic E-state index is -0.168. The number of nitrogens with zero attached hydrogens (tertiary/aromatic N) is 1. The lowest BCUT2D eigenvalue weighted by molar-refractivity contribution is -0.0567. The molecule has 1 amide bonds. The van der Waals surface area contributed by atoms with E-state index in [0.717, 1.165) is 13.0 Å². The van der Waals surface area contributed by atoms with Gasteiger partial charge in [0.25, 0.3) is 5.91 Å². The van der Waals surface area contributed by atoms with Crippen molar-refractivity contribution in [2.45, 2.75) is 31.4 Å². The zero-order chi connectivity index (χ0) is 14.7. The van der Waals surface area contributed by atoms with E-state index in [0.29, 0.717) is 30.5 Å². The van der Waals surface area contributed by atoms with Crippen LogP contribution in [0.2, 0.25) is 0 Å². The largest absolute Gasteiger partial charge is 0.384 e. The van der Waals surface area contributed by atoms with Gasteiger partial charge in [-0.05, 0) is 37.3 Å². The van der Waals surface area contributed by atoms with Crippen molar-refractivity contribution in [3.05, 3.63) is 23.9 Å². The van der Waals surface area contributed by atoms with E-state index in [1.54, 1.807) is 12.1 Å². The molecular formula is C15H21N3O3. The molecule has 2 heterocycles. The summed E-state index contributed by atoms with van der Waals surface area (Å²) in [5, 5.41) is 2.98. The second-order valence-corrected chi connectivity index (χ2v) is 5.73. The summed E-state index contributed by atoms with van der Waals surface area (Å²) in [6.07, 6.45) is 4.85. The first-order chi connectivity index (χ1) is 10.2. The van der Waals surface area contributed by atoms with Crippen LogP contribution in [0.25, 0.3) is 0 Å². The predicted octanol–water partition coefficient (Wildman–Crippen LogP) is 0.978. The van der Waals surface area contributed by atoms with Crippen LogP contribution in [0.5, 0.6) is 0 Å². The minimum absolute atomic E-state index is 0.0324. The van der Waals surface area contributed by atoms with Gasteiger partial charge in [-0.15, -0.1) is 0 Å². The van der Waals surface area contributed by atoms with Crippen molar-refractivity contribution in [2.24, 2.45) is 5.92 Å². The molecule has 2 aliphatic rings. The lowest BCUT2D eigenvalue weighted by atomic mass is 10.1. The first kappa shape index (κ1) is 14.3. The SMILES string of the molecule is Nc1ccc(C(=O)N[C@@H]2COCC[C@@H]2OCC2CC2)cn1. The topological polar surface area (TPSA) is 86.5 Å². The molecule has 1 saturated carbocycles. The van der Waals surface area contributed by atoms with E-state index in [2.05, 4.69) is 10.3 Å². The summed E-state index contributed by atoms with van der Waals surface area (Å²) in [5.41, 5.74) is 6.02. The number of nitrogens with two attached hydrogens (primary N) is 1. The highest BCUT2D eigenvalue weighted by Gasteiger charge is 2.30. The van der Waals surface area contributed by atoms with E-state index >= 15 is 0 Å². The number of carbonyl (C=O) groups excluding carboxylic acids is 1. The number of ether oxygens (including phenoxy) is 2. The lowest BCUT2D eigenvalue weighted by Crippen LogP contribution is -2.50. The molecule has 1 aliphatic heterocycles. The van der Waals surface area contributed by atoms with E-state index in [4.69, 9.17) is 15.2 Å². The van der Waals surface area contributed by atoms with Gasteiger partial charge in [-0.3, -0.25) is 4.79 Å². The van der Waals surface area contributed by atoms with E-state index in [9.17, 15) is 4.79 Å². The normalized spacial score (nSPS) is 25.5. The molecule has 3 N–H and O–H groups in total. The van der Waals surface area contributed by atoms with Crippen LogP contribution in [0.1, 0.15) is 29.6 Å². The fourth-order valence-electron chi connectivity index (χ4n) is 2.39. The Balaban J connectivity index is 1.57. The van der Waals surface area contributed by atoms with Crippen LogP contribution in [0.4, 0.5) is 5.82 Å². The molecule has 6 nitrogen and oxygen atoms in total. The van der Waals surface area contributed by atoms with Gasteiger partial charge >= 0.3 is 0 Å². The number of rotatable bonds is 5. The zero-order valence-electron chi connectivity index (χ0n) is 12.0. The third-order valence-electron chi connectivity index (χ3n) is 3.90. The molecule has 0 bridgehead atoms. The van der Waals surface area contributed by atoms with Crippen molar-refractivity contribution in [3.8, 4) is 0 Å². The van der Waals surface area contributed by atoms with Crippen molar-refractivity contribution in [3.63, 3.8) is 0 Å². The number of amides is 1. The van der Waals surface area contributed by atoms with Crippen LogP contribution in [-0.4, -0.2) is 42.9 Å². The van der Waals surface area contributed by atoms with Gasteiger partial charge in [0.2, 0.25) is 0 Å². The molecule has 2 atom stereocenters. The maximum atomic E-state index is 12.2. The van der Waals surface area contributed by atoms with Gasteiger partial charge in [0.05, 0.1) is 24.3 Å². The number of nitrogen functional groups attached to an aromatic ring is 1. The molecule has 2 fully saturated rings. The van der Waals surface area contributed by atoms with E-state index in [1.165, 1.54) is 19.0 Å². The van der Waals surface area contributed by atoms with E-state index in [1.807, 2.05) is 0 Å². The Morgan fingerprint density at radius 1 is 1.43 bits per heavy atom. The van der Waals surface area contributed by atoms with Crippen LogP contribution in [0, 0.1) is 5.92 Å². The summed E-state index contributed by atoms with van der Waals surface area (Å²) < 4.78 is 11.4. The quantitative estimate of drug-likeness (QED) is 0.844. The highest BCUT2D eigenvalue weighted by Crippen LogP contribution is 2.30. The van der Waals surface area contributed by atoms with Crippen molar-refractivity contribution < 1.29 is 14.3 Å². The Labute approximate surface area is 124 Å². The molecule has 0 aromatic carbocycles. The molecule has 1 aliphatic carbocycles. The maximum absolute atomic E-state index is 12.2. The zero-order valence-corrected chi connectivity index (χ0v) is 12.0. The van der Waals surface area contributed by atoms with Gasteiger partial charge in [-0.1, -0.05) is 0 Å². The molecular weight excluding hydrogens is 270 g/mol. The molecule has 0 radical (unpaired) electrons. The summed E-state index contributed by atoms with van der Waals surface area (Å²) in [6, 6.07) is 3.18. The van der Waals surface area contributed by atoms with Crippen molar-refractivity contribution in [1.82, 2.24) is 10.3 Å². The van der Waals surface area contributed by atoms with Gasteiger partial charge in [0.15, 0.2) is 0 Å². The first-order valence-corrected chi connectivity index (χ1v) is 7.44. The molecule has 1 aromatic heterocycles. The van der Waals surface area contributed by atoms with Crippen LogP contribution in [-0.2, 0) is 9.47 Å². The Hall–Kier alpha value is -1.66. The average Bonchev–Trinajstić information content (AvgIpc) is 3.31. The Kier molecular flexibility index (Phi) is 4.36. The summed E-state index contributed by atoms with van der Waals surface area (Å²) in [4.78, 5) is 16.2. The van der Waals surface area contributed by atoms with E-state index in [-0.39, 0.29) is 18.1 Å². The maximum Gasteiger partial charge on any atom is 0.253 e. The summed E-state index contributed by atoms with van der Waals surface area (Å²) in [6.45, 7) is 1.97. The van der Waals surface area contributed by atoms with Gasteiger partial charge in [-0.2, -0.15) is 0 Å². The molecule has 1 aromatic rings. The summed E-state index contributed by atoms with van der Waals surface area (Å²) >= 11 is 0. The third-order valence-corrected chi connectivity index (χ3v) is 3.90. The summed E-state index contributed by atoms with van der Waals surface area (Å²) in [5.74, 6) is 0.946. The van der Waals surface area contributed by atoms with E-state index < -0.39 is 0 Å². The monoisotopic (exact) mass is 291 g/mol. The Bertz CT molecular complexity index is 487. The second-order valence-electron chi connectivity index (χ2n) is 5.73. The average molecular weight is 291 g/mol. The molecule has 114 valence electrons. The fraction of sp³-hybridized carbons (Fsp3) is 0.600. The number of aromatic nitrogens is 1.